The minimum atomic E-state index is -5.19. The van der Waals surface area contributed by atoms with E-state index in [2.05, 4.69) is 17.7 Å². The molecule has 1 saturated heterocycles. The molecule has 11 nitrogen and oxygen atoms in total. The topological polar surface area (TPSA) is 165 Å². The number of nitrogens with one attached hydrogen (secondary N) is 2. The number of amides is 4. The van der Waals surface area contributed by atoms with Gasteiger partial charge in [-0.05, 0) is 80.8 Å². The normalized spacial score (nSPS) is 17.9. The molecule has 0 aromatic heterocycles. The van der Waals surface area contributed by atoms with Crippen LogP contribution in [0, 0.1) is 5.82 Å². The van der Waals surface area contributed by atoms with Crippen LogP contribution >= 0.6 is 0 Å². The highest BCUT2D eigenvalue weighted by Gasteiger charge is 2.41. The summed E-state index contributed by atoms with van der Waals surface area (Å²) in [5, 5.41) is 24.3. The van der Waals surface area contributed by atoms with Crippen LogP contribution in [0.5, 0.6) is 5.75 Å². The standard InChI is InChI=1S/C33H40FN5O4.C2HF3O2/c1-22(2)36-32(42)25-10-14-27(15-11-25)37-33(43)38(30(31(35)41)19-23-8-16-29(40)17-9-23)28-5-4-18-39(3,21-28)20-24-6-12-26(34)13-7-24;3-2(4,5)1(6)7/h6-17,22,28,30H,4-5,18-21H2,1-3H3,(H4-,35,36,37,40,41,42,43);(H,6,7)/t28-,30+,39?;/m1./s1. The van der Waals surface area contributed by atoms with Crippen molar-refractivity contribution in [2.45, 2.75) is 64.0 Å². The number of hydrogen-bond acceptors (Lipinski definition) is 6. The number of rotatable bonds is 10. The van der Waals surface area contributed by atoms with Crippen molar-refractivity contribution in [3.8, 4) is 5.75 Å². The average molecular weight is 704 g/mol. The summed E-state index contributed by atoms with van der Waals surface area (Å²) in [5.74, 6) is -4.05. The van der Waals surface area contributed by atoms with Gasteiger partial charge in [0.2, 0.25) is 5.91 Å². The van der Waals surface area contributed by atoms with Gasteiger partial charge in [-0.2, -0.15) is 13.2 Å². The van der Waals surface area contributed by atoms with Gasteiger partial charge in [0.25, 0.3) is 5.91 Å². The predicted molar refractivity (Wildman–Crippen MR) is 175 cm³/mol. The van der Waals surface area contributed by atoms with Crippen LogP contribution in [0.15, 0.2) is 72.8 Å². The molecule has 0 aliphatic carbocycles. The maximum atomic E-state index is 14.0. The lowest BCUT2D eigenvalue weighted by Crippen LogP contribution is -2.62. The number of aromatic hydroxyl groups is 1. The Bertz CT molecular complexity index is 1620. The molecule has 50 heavy (non-hydrogen) atoms. The first-order valence-electron chi connectivity index (χ1n) is 15.8. The number of carbonyl (C=O) groups is 4. The maximum Gasteiger partial charge on any atom is 0.430 e. The van der Waals surface area contributed by atoms with Gasteiger partial charge in [-0.3, -0.25) is 9.59 Å². The van der Waals surface area contributed by atoms with Gasteiger partial charge in [0.1, 0.15) is 30.1 Å². The molecular weight excluding hydrogens is 662 g/mol. The zero-order valence-corrected chi connectivity index (χ0v) is 27.9. The molecule has 5 N–H and O–H groups in total. The molecule has 0 radical (unpaired) electrons. The number of likely N-dealkylation sites (tertiary alicyclic amines) is 1. The van der Waals surface area contributed by atoms with Gasteiger partial charge in [-0.15, -0.1) is 0 Å². The molecule has 3 aromatic rings. The molecule has 270 valence electrons. The highest BCUT2D eigenvalue weighted by atomic mass is 19.4. The van der Waals surface area contributed by atoms with E-state index in [-0.39, 0.29) is 36.0 Å². The monoisotopic (exact) mass is 703 g/mol. The third-order valence-electron chi connectivity index (χ3n) is 8.07. The van der Waals surface area contributed by atoms with Gasteiger partial charge in [0.15, 0.2) is 0 Å². The van der Waals surface area contributed by atoms with E-state index in [1.807, 2.05) is 13.8 Å². The molecule has 1 unspecified atom stereocenters. The maximum absolute atomic E-state index is 14.0. The molecule has 0 spiro atoms. The number of nitrogens with zero attached hydrogens (tertiary/aromatic N) is 2. The van der Waals surface area contributed by atoms with Crippen LogP contribution in [0.4, 0.5) is 28.0 Å². The summed E-state index contributed by atoms with van der Waals surface area (Å²) in [6.45, 7) is 5.83. The fourth-order valence-electron chi connectivity index (χ4n) is 5.79. The van der Waals surface area contributed by atoms with Crippen molar-refractivity contribution in [1.29, 1.82) is 0 Å². The van der Waals surface area contributed by atoms with Gasteiger partial charge in [-0.1, -0.05) is 24.3 Å². The van der Waals surface area contributed by atoms with E-state index in [1.54, 1.807) is 53.4 Å². The number of carboxylic acid groups (broad SMARTS) is 1. The molecule has 1 fully saturated rings. The van der Waals surface area contributed by atoms with Crippen molar-refractivity contribution < 1.29 is 51.4 Å². The van der Waals surface area contributed by atoms with Crippen molar-refractivity contribution in [1.82, 2.24) is 10.2 Å². The number of urea groups is 1. The molecule has 4 amide bonds. The number of hydrogen-bond donors (Lipinski definition) is 4. The lowest BCUT2D eigenvalue weighted by molar-refractivity contribution is -0.928. The molecule has 3 atom stereocenters. The number of carbonyl (C=O) groups excluding carboxylic acids is 4. The smallest absolute Gasteiger partial charge is 0.430 e. The largest absolute Gasteiger partial charge is 0.542 e. The number of alkyl halides is 3. The number of aliphatic carboxylic acids is 1. The lowest BCUT2D eigenvalue weighted by atomic mass is 9.96. The number of primary amides is 1. The highest BCUT2D eigenvalue weighted by Crippen LogP contribution is 2.28. The molecule has 4 rings (SSSR count). The fourth-order valence-corrected chi connectivity index (χ4v) is 5.79. The van der Waals surface area contributed by atoms with Crippen molar-refractivity contribution >= 4 is 29.5 Å². The number of piperidine rings is 1. The van der Waals surface area contributed by atoms with E-state index in [4.69, 9.17) is 15.6 Å². The zero-order valence-electron chi connectivity index (χ0n) is 27.9. The lowest BCUT2D eigenvalue weighted by Gasteiger charge is -2.46. The second-order valence-corrected chi connectivity index (χ2v) is 12.7. The number of nitrogens with two attached hydrogens (primary N) is 1. The van der Waals surface area contributed by atoms with Crippen LogP contribution in [-0.2, 0) is 22.6 Å². The quantitative estimate of drug-likeness (QED) is 0.186. The highest BCUT2D eigenvalue weighted by molar-refractivity contribution is 5.96. The summed E-state index contributed by atoms with van der Waals surface area (Å²) >= 11 is 0. The number of anilines is 1. The summed E-state index contributed by atoms with van der Waals surface area (Å²) in [6, 6.07) is 17.7. The summed E-state index contributed by atoms with van der Waals surface area (Å²) in [4.78, 5) is 49.7. The molecular formula is C35H41F4N5O6. The van der Waals surface area contributed by atoms with E-state index in [0.717, 1.165) is 24.1 Å². The molecule has 0 saturated carbocycles. The molecule has 15 heteroatoms. The van der Waals surface area contributed by atoms with Gasteiger partial charge in [0, 0.05) is 29.3 Å². The molecule has 1 aliphatic rings. The van der Waals surface area contributed by atoms with Crippen LogP contribution < -0.4 is 21.5 Å². The first-order chi connectivity index (χ1) is 23.4. The van der Waals surface area contributed by atoms with E-state index < -0.39 is 30.1 Å². The van der Waals surface area contributed by atoms with Crippen LogP contribution in [0.3, 0.4) is 0 Å². The second kappa shape index (κ2) is 17.0. The summed E-state index contributed by atoms with van der Waals surface area (Å²) < 4.78 is 45.7. The van der Waals surface area contributed by atoms with Crippen molar-refractivity contribution in [2.75, 3.05) is 25.5 Å². The van der Waals surface area contributed by atoms with Crippen LogP contribution in [0.1, 0.15) is 48.2 Å². The number of quaternary nitrogens is 1. The number of halogens is 4. The predicted octanol–water partition coefficient (Wildman–Crippen LogP) is 3.71. The van der Waals surface area contributed by atoms with Gasteiger partial charge >= 0.3 is 12.2 Å². The SMILES string of the molecule is CC(C)NC(=O)c1ccc(NC(=O)N([C@@H]2CCC[N+](C)(Cc3ccc(F)cc3)C2)[C@@H](Cc2ccc(O)cc2)C(N)=O)cc1.O=C([O-])C(F)(F)F. The Labute approximate surface area is 287 Å². The van der Waals surface area contributed by atoms with E-state index in [0.29, 0.717) is 35.2 Å². The first kappa shape index (κ1) is 39.3. The van der Waals surface area contributed by atoms with E-state index in [1.165, 1.54) is 24.3 Å². The summed E-state index contributed by atoms with van der Waals surface area (Å²) in [6.07, 6.45) is -3.52. The Morgan fingerprint density at radius 3 is 2.06 bits per heavy atom. The molecule has 0 bridgehead atoms. The fraction of sp³-hybridized carbons (Fsp3) is 0.371. The van der Waals surface area contributed by atoms with Gasteiger partial charge < -0.3 is 40.8 Å². The minimum absolute atomic E-state index is 0.0117. The van der Waals surface area contributed by atoms with E-state index >= 15 is 0 Å². The Hall–Kier alpha value is -5.18. The van der Waals surface area contributed by atoms with Crippen molar-refractivity contribution in [3.63, 3.8) is 0 Å². The second-order valence-electron chi connectivity index (χ2n) is 12.7. The molecule has 3 aromatic carbocycles. The third kappa shape index (κ3) is 11.8. The third-order valence-corrected chi connectivity index (χ3v) is 8.07. The molecule has 1 heterocycles. The van der Waals surface area contributed by atoms with E-state index in [9.17, 15) is 37.1 Å². The van der Waals surface area contributed by atoms with Crippen molar-refractivity contribution in [3.05, 3.63) is 95.3 Å². The van der Waals surface area contributed by atoms with Crippen molar-refractivity contribution in [2.24, 2.45) is 5.73 Å². The summed E-state index contributed by atoms with van der Waals surface area (Å²) in [7, 11) is 2.10. The zero-order chi connectivity index (χ0) is 37.2. The van der Waals surface area contributed by atoms with Crippen LogP contribution in [0.2, 0.25) is 0 Å². The summed E-state index contributed by atoms with van der Waals surface area (Å²) in [5.41, 5.74) is 8.63. The number of benzene rings is 3. The Balaban J connectivity index is 0.000000872. The van der Waals surface area contributed by atoms with Gasteiger partial charge in [-0.25, -0.2) is 9.18 Å². The Morgan fingerprint density at radius 2 is 1.54 bits per heavy atom. The Kier molecular flexibility index (Phi) is 13.3. The average Bonchev–Trinajstić information content (AvgIpc) is 3.02. The first-order valence-corrected chi connectivity index (χ1v) is 15.8. The minimum Gasteiger partial charge on any atom is -0.542 e. The number of phenols is 1. The number of likely N-dealkylation sites (N-methyl/N-ethyl adjacent to an activating group) is 1. The number of phenolic OH excluding ortho intramolecular Hbond substituents is 1. The number of carboxylic acids is 1. The molecule has 1 aliphatic heterocycles. The van der Waals surface area contributed by atoms with Crippen LogP contribution in [-0.4, -0.2) is 82.7 Å². The van der Waals surface area contributed by atoms with Crippen LogP contribution in [0.25, 0.3) is 0 Å². The Morgan fingerprint density at radius 1 is 0.980 bits per heavy atom. The van der Waals surface area contributed by atoms with Gasteiger partial charge in [0.05, 0.1) is 26.2 Å².